The zero-order valence-corrected chi connectivity index (χ0v) is 20.6. The Morgan fingerprint density at radius 1 is 0.943 bits per heavy atom. The molecule has 4 rings (SSSR count). The van der Waals surface area contributed by atoms with Crippen molar-refractivity contribution in [2.45, 2.75) is 37.7 Å². The standard InChI is InChI=1S/C27H26N4O3S/c1-17-8-10-20(11-9-17)16-31-26(34)23-6-4-5-7-24(23)30-27(31)35-18(2)25(33)29-22-14-12-21(13-15-22)28-19(3)32/h4-15,18H,16H2,1-3H3,(H,28,32)(H,29,33)/t18-/m1/s1. The summed E-state index contributed by atoms with van der Waals surface area (Å²) >= 11 is 1.24. The molecule has 0 radical (unpaired) electrons. The van der Waals surface area contributed by atoms with Gasteiger partial charge in [-0.1, -0.05) is 53.7 Å². The lowest BCUT2D eigenvalue weighted by Crippen LogP contribution is -2.27. The Bertz CT molecular complexity index is 1430. The van der Waals surface area contributed by atoms with Crippen molar-refractivity contribution in [3.63, 3.8) is 0 Å². The highest BCUT2D eigenvalue weighted by Gasteiger charge is 2.20. The minimum atomic E-state index is -0.512. The molecule has 2 N–H and O–H groups in total. The summed E-state index contributed by atoms with van der Waals surface area (Å²) in [6.45, 7) is 5.60. The van der Waals surface area contributed by atoms with Gasteiger partial charge in [-0.3, -0.25) is 19.0 Å². The van der Waals surface area contributed by atoms with E-state index < -0.39 is 5.25 Å². The van der Waals surface area contributed by atoms with Crippen molar-refractivity contribution < 1.29 is 9.59 Å². The first kappa shape index (κ1) is 24.2. The summed E-state index contributed by atoms with van der Waals surface area (Å²) < 4.78 is 1.63. The van der Waals surface area contributed by atoms with Gasteiger partial charge in [0.05, 0.1) is 22.7 Å². The molecule has 0 aliphatic heterocycles. The molecule has 35 heavy (non-hydrogen) atoms. The number of carbonyl (C=O) groups is 2. The Balaban J connectivity index is 1.58. The molecule has 178 valence electrons. The van der Waals surface area contributed by atoms with Gasteiger partial charge in [-0.15, -0.1) is 0 Å². The number of amides is 2. The number of thioether (sulfide) groups is 1. The number of hydrogen-bond donors (Lipinski definition) is 2. The molecule has 0 saturated carbocycles. The van der Waals surface area contributed by atoms with Crippen LogP contribution in [0.15, 0.2) is 82.7 Å². The maximum atomic E-state index is 13.4. The molecule has 0 fully saturated rings. The molecular formula is C27H26N4O3S. The van der Waals surface area contributed by atoms with Crippen LogP contribution in [0.1, 0.15) is 25.0 Å². The minimum absolute atomic E-state index is 0.139. The lowest BCUT2D eigenvalue weighted by molar-refractivity contribution is -0.115. The molecular weight excluding hydrogens is 460 g/mol. The van der Waals surface area contributed by atoms with E-state index in [1.165, 1.54) is 18.7 Å². The van der Waals surface area contributed by atoms with Gasteiger partial charge in [0.25, 0.3) is 5.56 Å². The second-order valence-corrected chi connectivity index (χ2v) is 9.60. The van der Waals surface area contributed by atoms with Gasteiger partial charge in [0.15, 0.2) is 5.16 Å². The van der Waals surface area contributed by atoms with Crippen LogP contribution in [0.25, 0.3) is 10.9 Å². The Hall–Kier alpha value is -3.91. The average molecular weight is 487 g/mol. The fourth-order valence-electron chi connectivity index (χ4n) is 3.55. The number of anilines is 2. The van der Waals surface area contributed by atoms with Gasteiger partial charge in [0, 0.05) is 18.3 Å². The van der Waals surface area contributed by atoms with Gasteiger partial charge in [-0.2, -0.15) is 0 Å². The molecule has 0 saturated heterocycles. The van der Waals surface area contributed by atoms with Crippen LogP contribution in [0.5, 0.6) is 0 Å². The van der Waals surface area contributed by atoms with Gasteiger partial charge in [-0.05, 0) is 55.8 Å². The molecule has 8 heteroatoms. The number of rotatable bonds is 7. The molecule has 4 aromatic rings. The van der Waals surface area contributed by atoms with E-state index in [1.807, 2.05) is 43.3 Å². The normalized spacial score (nSPS) is 11.7. The quantitative estimate of drug-likeness (QED) is 0.288. The van der Waals surface area contributed by atoms with E-state index in [0.717, 1.165) is 11.1 Å². The number of carbonyl (C=O) groups excluding carboxylic acids is 2. The molecule has 0 bridgehead atoms. The predicted octanol–water partition coefficient (Wildman–Crippen LogP) is 4.83. The summed E-state index contributed by atoms with van der Waals surface area (Å²) in [4.78, 5) is 42.2. The highest BCUT2D eigenvalue weighted by molar-refractivity contribution is 8.00. The molecule has 1 aromatic heterocycles. The number of benzene rings is 3. The maximum Gasteiger partial charge on any atom is 0.262 e. The molecule has 1 heterocycles. The number of fused-ring (bicyclic) bond motifs is 1. The number of aromatic nitrogens is 2. The van der Waals surface area contributed by atoms with E-state index in [9.17, 15) is 14.4 Å². The second-order valence-electron chi connectivity index (χ2n) is 8.30. The number of nitrogens with zero attached hydrogens (tertiary/aromatic N) is 2. The summed E-state index contributed by atoms with van der Waals surface area (Å²) in [5.41, 5.74) is 3.84. The lowest BCUT2D eigenvalue weighted by atomic mass is 10.1. The van der Waals surface area contributed by atoms with E-state index in [4.69, 9.17) is 4.98 Å². The van der Waals surface area contributed by atoms with E-state index in [-0.39, 0.29) is 17.4 Å². The monoisotopic (exact) mass is 486 g/mol. The fourth-order valence-corrected chi connectivity index (χ4v) is 4.46. The van der Waals surface area contributed by atoms with Crippen molar-refractivity contribution >= 4 is 45.9 Å². The molecule has 0 aliphatic carbocycles. The topological polar surface area (TPSA) is 93.1 Å². The first-order valence-electron chi connectivity index (χ1n) is 11.2. The highest BCUT2D eigenvalue weighted by Crippen LogP contribution is 2.25. The summed E-state index contributed by atoms with van der Waals surface area (Å²) in [5.74, 6) is -0.377. The first-order valence-corrected chi connectivity index (χ1v) is 12.1. The van der Waals surface area contributed by atoms with E-state index in [1.54, 1.807) is 47.9 Å². The van der Waals surface area contributed by atoms with Gasteiger partial charge >= 0.3 is 0 Å². The van der Waals surface area contributed by atoms with Crippen LogP contribution in [-0.2, 0) is 16.1 Å². The Kier molecular flexibility index (Phi) is 7.31. The average Bonchev–Trinajstić information content (AvgIpc) is 2.83. The predicted molar refractivity (Wildman–Crippen MR) is 141 cm³/mol. The van der Waals surface area contributed by atoms with Crippen LogP contribution in [0, 0.1) is 6.92 Å². The zero-order valence-electron chi connectivity index (χ0n) is 19.7. The largest absolute Gasteiger partial charge is 0.326 e. The lowest BCUT2D eigenvalue weighted by Gasteiger charge is -2.17. The van der Waals surface area contributed by atoms with Crippen LogP contribution in [0.2, 0.25) is 0 Å². The third-order valence-electron chi connectivity index (χ3n) is 5.41. The van der Waals surface area contributed by atoms with Gasteiger partial charge < -0.3 is 10.6 Å². The third kappa shape index (κ3) is 5.96. The fraction of sp³-hybridized carbons (Fsp3) is 0.185. The van der Waals surface area contributed by atoms with Crippen molar-refractivity contribution in [3.05, 3.63) is 94.3 Å². The zero-order chi connectivity index (χ0) is 24.9. The van der Waals surface area contributed by atoms with Crippen LogP contribution in [0.4, 0.5) is 11.4 Å². The molecule has 0 unspecified atom stereocenters. The van der Waals surface area contributed by atoms with Crippen molar-refractivity contribution in [3.8, 4) is 0 Å². The molecule has 7 nitrogen and oxygen atoms in total. The van der Waals surface area contributed by atoms with Crippen molar-refractivity contribution in [1.29, 1.82) is 0 Å². The van der Waals surface area contributed by atoms with Gasteiger partial charge in [0.2, 0.25) is 11.8 Å². The van der Waals surface area contributed by atoms with E-state index >= 15 is 0 Å². The Labute approximate surface area is 207 Å². The van der Waals surface area contributed by atoms with Gasteiger partial charge in [0.1, 0.15) is 0 Å². The van der Waals surface area contributed by atoms with Crippen molar-refractivity contribution in [2.75, 3.05) is 10.6 Å². The molecule has 3 aromatic carbocycles. The van der Waals surface area contributed by atoms with Crippen LogP contribution in [-0.4, -0.2) is 26.6 Å². The van der Waals surface area contributed by atoms with E-state index in [0.29, 0.717) is 34.0 Å². The molecule has 2 amide bonds. The molecule has 1 atom stereocenters. The first-order chi connectivity index (χ1) is 16.8. The Morgan fingerprint density at radius 3 is 2.23 bits per heavy atom. The summed E-state index contributed by atoms with van der Waals surface area (Å²) in [6, 6.07) is 22.1. The van der Waals surface area contributed by atoms with Crippen LogP contribution >= 0.6 is 11.8 Å². The van der Waals surface area contributed by atoms with Crippen LogP contribution < -0.4 is 16.2 Å². The smallest absolute Gasteiger partial charge is 0.262 e. The second kappa shape index (κ2) is 10.6. The van der Waals surface area contributed by atoms with Crippen molar-refractivity contribution in [2.24, 2.45) is 0 Å². The number of nitrogens with one attached hydrogen (secondary N) is 2. The number of para-hydroxylation sites is 1. The SMILES string of the molecule is CC(=O)Nc1ccc(NC(=O)[C@@H](C)Sc2nc3ccccc3c(=O)n2Cc2ccc(C)cc2)cc1. The van der Waals surface area contributed by atoms with E-state index in [2.05, 4.69) is 10.6 Å². The van der Waals surface area contributed by atoms with Crippen LogP contribution in [0.3, 0.4) is 0 Å². The summed E-state index contributed by atoms with van der Waals surface area (Å²) in [7, 11) is 0. The highest BCUT2D eigenvalue weighted by atomic mass is 32.2. The van der Waals surface area contributed by atoms with Crippen molar-refractivity contribution in [1.82, 2.24) is 9.55 Å². The minimum Gasteiger partial charge on any atom is -0.326 e. The third-order valence-corrected chi connectivity index (χ3v) is 6.50. The Morgan fingerprint density at radius 2 is 1.57 bits per heavy atom. The number of aryl methyl sites for hydroxylation is 1. The van der Waals surface area contributed by atoms with Gasteiger partial charge in [-0.25, -0.2) is 4.98 Å². The molecule has 0 aliphatic rings. The summed E-state index contributed by atoms with van der Waals surface area (Å²) in [6.07, 6.45) is 0. The summed E-state index contributed by atoms with van der Waals surface area (Å²) in [5, 5.41) is 6.09. The molecule has 0 spiro atoms. The number of hydrogen-bond acceptors (Lipinski definition) is 5. The maximum absolute atomic E-state index is 13.4.